The summed E-state index contributed by atoms with van der Waals surface area (Å²) in [7, 11) is 0. The predicted molar refractivity (Wildman–Crippen MR) is 83.9 cm³/mol. The van der Waals surface area contributed by atoms with Gasteiger partial charge in [-0.2, -0.15) is 11.8 Å². The third kappa shape index (κ3) is 3.35. The monoisotopic (exact) mass is 297 g/mol. The van der Waals surface area contributed by atoms with E-state index in [-0.39, 0.29) is 6.10 Å². The topological polar surface area (TPSA) is 23.5 Å². The van der Waals surface area contributed by atoms with Crippen molar-refractivity contribution in [3.8, 4) is 0 Å². The molecule has 4 heteroatoms. The average Bonchev–Trinajstić information content (AvgIpc) is 3.02. The van der Waals surface area contributed by atoms with Crippen LogP contribution in [0.3, 0.4) is 0 Å². The lowest BCUT2D eigenvalue weighted by molar-refractivity contribution is 0.0452. The van der Waals surface area contributed by atoms with Crippen LogP contribution < -0.4 is 0 Å². The Morgan fingerprint density at radius 1 is 1.16 bits per heavy atom. The molecule has 1 aromatic heterocycles. The fourth-order valence-corrected chi connectivity index (χ4v) is 5.23. The van der Waals surface area contributed by atoms with Crippen LogP contribution in [0.1, 0.15) is 36.7 Å². The fourth-order valence-electron chi connectivity index (χ4n) is 3.34. The normalized spacial score (nSPS) is 25.5. The molecule has 0 radical (unpaired) electrons. The van der Waals surface area contributed by atoms with Gasteiger partial charge in [0.2, 0.25) is 0 Å². The van der Waals surface area contributed by atoms with Gasteiger partial charge in [-0.25, -0.2) is 0 Å². The summed E-state index contributed by atoms with van der Waals surface area (Å²) >= 11 is 3.79. The fraction of sp³-hybridized carbons (Fsp3) is 0.733. The molecule has 1 aromatic rings. The highest BCUT2D eigenvalue weighted by atomic mass is 32.2. The lowest BCUT2D eigenvalue weighted by Crippen LogP contribution is -2.43. The van der Waals surface area contributed by atoms with E-state index in [4.69, 9.17) is 0 Å². The van der Waals surface area contributed by atoms with Gasteiger partial charge in [0.05, 0.1) is 6.10 Å². The van der Waals surface area contributed by atoms with E-state index in [2.05, 4.69) is 28.1 Å². The number of aliphatic hydroxyl groups excluding tert-OH is 1. The number of thiophene rings is 1. The Morgan fingerprint density at radius 3 is 2.53 bits per heavy atom. The molecule has 3 heterocycles. The van der Waals surface area contributed by atoms with E-state index in [0.29, 0.717) is 5.92 Å². The number of thioether (sulfide) groups is 1. The molecule has 106 valence electrons. The first-order valence-electron chi connectivity index (χ1n) is 7.38. The molecule has 2 nitrogen and oxygen atoms in total. The Balaban J connectivity index is 1.51. The van der Waals surface area contributed by atoms with Crippen LogP contribution in [0.25, 0.3) is 0 Å². The lowest BCUT2D eigenvalue weighted by Gasteiger charge is -2.40. The summed E-state index contributed by atoms with van der Waals surface area (Å²) < 4.78 is 0. The van der Waals surface area contributed by atoms with Crippen molar-refractivity contribution in [1.29, 1.82) is 0 Å². The third-order valence-electron chi connectivity index (χ3n) is 4.56. The standard InChI is InChI=1S/C15H23NOS2/c17-15(14-2-1-9-19-14)12-3-7-16(8-4-12)13-5-10-18-11-6-13/h1-2,9,12-13,15,17H,3-8,10-11H2. The van der Waals surface area contributed by atoms with E-state index in [1.807, 2.05) is 6.07 Å². The maximum absolute atomic E-state index is 10.4. The summed E-state index contributed by atoms with van der Waals surface area (Å²) in [6.45, 7) is 2.37. The van der Waals surface area contributed by atoms with E-state index in [9.17, 15) is 5.11 Å². The van der Waals surface area contributed by atoms with E-state index in [1.165, 1.54) is 37.4 Å². The van der Waals surface area contributed by atoms with Gasteiger partial charge >= 0.3 is 0 Å². The number of aliphatic hydroxyl groups is 1. The van der Waals surface area contributed by atoms with E-state index < -0.39 is 0 Å². The van der Waals surface area contributed by atoms with Crippen molar-refractivity contribution in [2.45, 2.75) is 37.8 Å². The van der Waals surface area contributed by atoms with Gasteiger partial charge in [-0.3, -0.25) is 0 Å². The summed E-state index contributed by atoms with van der Waals surface area (Å²) in [5.74, 6) is 3.14. The van der Waals surface area contributed by atoms with Crippen LogP contribution >= 0.6 is 23.1 Å². The molecular weight excluding hydrogens is 274 g/mol. The SMILES string of the molecule is OC(c1cccs1)C1CCN(C2CCSCC2)CC1. The van der Waals surface area contributed by atoms with Crippen LogP contribution in [-0.4, -0.2) is 40.6 Å². The largest absolute Gasteiger partial charge is 0.387 e. The molecule has 2 saturated heterocycles. The lowest BCUT2D eigenvalue weighted by atomic mass is 9.89. The molecule has 0 bridgehead atoms. The van der Waals surface area contributed by atoms with Gasteiger partial charge in [-0.1, -0.05) is 6.07 Å². The van der Waals surface area contributed by atoms with Crippen molar-refractivity contribution in [1.82, 2.24) is 4.90 Å². The third-order valence-corrected chi connectivity index (χ3v) is 6.55. The first kappa shape index (κ1) is 13.9. The van der Waals surface area contributed by atoms with E-state index in [1.54, 1.807) is 11.3 Å². The highest BCUT2D eigenvalue weighted by Crippen LogP contribution is 2.34. The Hall–Kier alpha value is -0.0300. The van der Waals surface area contributed by atoms with Crippen molar-refractivity contribution >= 4 is 23.1 Å². The Kier molecular flexibility index (Phi) is 4.85. The maximum atomic E-state index is 10.4. The molecule has 2 aliphatic rings. The maximum Gasteiger partial charge on any atom is 0.0910 e. The second-order valence-electron chi connectivity index (χ2n) is 5.68. The summed E-state index contributed by atoms with van der Waals surface area (Å²) in [5.41, 5.74) is 0. The minimum Gasteiger partial charge on any atom is -0.387 e. The summed E-state index contributed by atoms with van der Waals surface area (Å²) in [5, 5.41) is 12.5. The molecule has 2 aliphatic heterocycles. The van der Waals surface area contributed by atoms with E-state index in [0.717, 1.165) is 23.8 Å². The Labute approximate surface area is 124 Å². The summed E-state index contributed by atoms with van der Waals surface area (Å²) in [4.78, 5) is 3.82. The van der Waals surface area contributed by atoms with Crippen molar-refractivity contribution in [2.24, 2.45) is 5.92 Å². The second-order valence-corrected chi connectivity index (χ2v) is 7.88. The molecule has 2 fully saturated rings. The zero-order valence-corrected chi connectivity index (χ0v) is 13.0. The molecule has 19 heavy (non-hydrogen) atoms. The van der Waals surface area contributed by atoms with Crippen LogP contribution in [0, 0.1) is 5.92 Å². The zero-order chi connectivity index (χ0) is 13.1. The molecule has 3 rings (SSSR count). The van der Waals surface area contributed by atoms with Crippen molar-refractivity contribution in [3.05, 3.63) is 22.4 Å². The molecule has 1 unspecified atom stereocenters. The summed E-state index contributed by atoms with van der Waals surface area (Å²) in [6, 6.07) is 4.93. The molecule has 0 aromatic carbocycles. The van der Waals surface area contributed by atoms with Crippen LogP contribution in [0.5, 0.6) is 0 Å². The van der Waals surface area contributed by atoms with Crippen molar-refractivity contribution in [3.63, 3.8) is 0 Å². The Bertz CT molecular complexity index is 368. The number of likely N-dealkylation sites (tertiary alicyclic amines) is 1. The molecule has 0 saturated carbocycles. The first-order valence-corrected chi connectivity index (χ1v) is 9.41. The van der Waals surface area contributed by atoms with Crippen LogP contribution in [-0.2, 0) is 0 Å². The quantitative estimate of drug-likeness (QED) is 0.925. The number of hydrogen-bond acceptors (Lipinski definition) is 4. The van der Waals surface area contributed by atoms with Crippen LogP contribution in [0.2, 0.25) is 0 Å². The van der Waals surface area contributed by atoms with Gasteiger partial charge in [-0.05, 0) is 67.6 Å². The van der Waals surface area contributed by atoms with Gasteiger partial charge < -0.3 is 10.0 Å². The molecule has 1 N–H and O–H groups in total. The minimum atomic E-state index is -0.232. The van der Waals surface area contributed by atoms with Gasteiger partial charge in [0.25, 0.3) is 0 Å². The van der Waals surface area contributed by atoms with Gasteiger partial charge in [0, 0.05) is 10.9 Å². The average molecular weight is 297 g/mol. The van der Waals surface area contributed by atoms with Crippen molar-refractivity contribution in [2.75, 3.05) is 24.6 Å². The zero-order valence-electron chi connectivity index (χ0n) is 11.3. The highest BCUT2D eigenvalue weighted by molar-refractivity contribution is 7.99. The minimum absolute atomic E-state index is 0.232. The van der Waals surface area contributed by atoms with Gasteiger partial charge in [0.15, 0.2) is 0 Å². The van der Waals surface area contributed by atoms with Crippen molar-refractivity contribution < 1.29 is 5.11 Å². The number of piperidine rings is 1. The first-order chi connectivity index (χ1) is 9.34. The number of hydrogen-bond donors (Lipinski definition) is 1. The van der Waals surface area contributed by atoms with Crippen LogP contribution in [0.4, 0.5) is 0 Å². The summed E-state index contributed by atoms with van der Waals surface area (Å²) in [6.07, 6.45) is 4.81. The molecule has 0 spiro atoms. The van der Waals surface area contributed by atoms with Gasteiger partial charge in [-0.15, -0.1) is 11.3 Å². The smallest absolute Gasteiger partial charge is 0.0910 e. The predicted octanol–water partition coefficient (Wildman–Crippen LogP) is 3.39. The number of nitrogens with zero attached hydrogens (tertiary/aromatic N) is 1. The Morgan fingerprint density at radius 2 is 1.89 bits per heavy atom. The highest BCUT2D eigenvalue weighted by Gasteiger charge is 2.30. The van der Waals surface area contributed by atoms with E-state index >= 15 is 0 Å². The van der Waals surface area contributed by atoms with Gasteiger partial charge in [0.1, 0.15) is 0 Å². The second kappa shape index (κ2) is 6.61. The number of rotatable bonds is 3. The molecule has 1 atom stereocenters. The molecule has 0 amide bonds. The van der Waals surface area contributed by atoms with Crippen LogP contribution in [0.15, 0.2) is 17.5 Å². The molecule has 0 aliphatic carbocycles. The molecular formula is C15H23NOS2.